The van der Waals surface area contributed by atoms with Crippen LogP contribution in [0.5, 0.6) is 0 Å². The summed E-state index contributed by atoms with van der Waals surface area (Å²) in [5, 5.41) is 0.758. The van der Waals surface area contributed by atoms with E-state index in [0.29, 0.717) is 0 Å². The van der Waals surface area contributed by atoms with Gasteiger partial charge in [0.25, 0.3) is 0 Å². The molecular formula is C22H17ClN2. The third kappa shape index (κ3) is 1.95. The van der Waals surface area contributed by atoms with E-state index in [1.807, 2.05) is 12.1 Å². The summed E-state index contributed by atoms with van der Waals surface area (Å²) in [4.78, 5) is 7.27. The average Bonchev–Trinajstić information content (AvgIpc) is 3.24. The molecule has 2 heterocycles. The minimum absolute atomic E-state index is 0.349. The second-order valence-electron chi connectivity index (χ2n) is 6.49. The first-order valence-corrected chi connectivity index (χ1v) is 8.93. The van der Waals surface area contributed by atoms with E-state index < -0.39 is 0 Å². The Morgan fingerprint density at radius 3 is 2.28 bits per heavy atom. The van der Waals surface area contributed by atoms with Gasteiger partial charge >= 0.3 is 0 Å². The second-order valence-corrected chi connectivity index (χ2v) is 6.92. The zero-order chi connectivity index (χ0) is 16.9. The fraction of sp³-hybridized carbons (Fsp3) is 0.136. The van der Waals surface area contributed by atoms with Gasteiger partial charge in [-0.15, -0.1) is 0 Å². The number of hydrogen-bond acceptors (Lipinski definition) is 2. The lowest BCUT2D eigenvalue weighted by atomic mass is 9.77. The third-order valence-corrected chi connectivity index (χ3v) is 5.51. The van der Waals surface area contributed by atoms with Gasteiger partial charge in [0.2, 0.25) is 0 Å². The van der Waals surface area contributed by atoms with Gasteiger partial charge in [-0.1, -0.05) is 78.3 Å². The number of halogens is 1. The summed E-state index contributed by atoms with van der Waals surface area (Å²) in [6.45, 7) is 1.76. The van der Waals surface area contributed by atoms with Crippen molar-refractivity contribution in [1.82, 2.24) is 4.90 Å². The molecule has 1 atom stereocenters. The average molecular weight is 345 g/mol. The maximum absolute atomic E-state index is 6.18. The summed E-state index contributed by atoms with van der Waals surface area (Å²) < 4.78 is 0. The van der Waals surface area contributed by atoms with Gasteiger partial charge in [-0.25, -0.2) is 0 Å². The van der Waals surface area contributed by atoms with E-state index in [0.717, 1.165) is 23.9 Å². The summed E-state index contributed by atoms with van der Waals surface area (Å²) in [7, 11) is 0. The molecule has 0 saturated heterocycles. The van der Waals surface area contributed by atoms with Crippen molar-refractivity contribution in [3.05, 3.63) is 106 Å². The molecule has 5 rings (SSSR count). The van der Waals surface area contributed by atoms with Crippen LogP contribution < -0.4 is 0 Å². The van der Waals surface area contributed by atoms with Crippen molar-refractivity contribution in [2.24, 2.45) is 4.99 Å². The van der Waals surface area contributed by atoms with Crippen LogP contribution in [0.15, 0.2) is 83.9 Å². The highest BCUT2D eigenvalue weighted by atomic mass is 35.5. The second kappa shape index (κ2) is 5.47. The summed E-state index contributed by atoms with van der Waals surface area (Å²) in [6.07, 6.45) is 0. The molecule has 2 aliphatic heterocycles. The van der Waals surface area contributed by atoms with Crippen LogP contribution in [0, 0.1) is 0 Å². The molecule has 0 fully saturated rings. The van der Waals surface area contributed by atoms with E-state index in [2.05, 4.69) is 71.6 Å². The largest absolute Gasteiger partial charge is 0.337 e. The molecule has 0 aliphatic carbocycles. The van der Waals surface area contributed by atoms with Gasteiger partial charge in [-0.2, -0.15) is 0 Å². The van der Waals surface area contributed by atoms with Crippen LogP contribution in [0.2, 0.25) is 5.02 Å². The van der Waals surface area contributed by atoms with Gasteiger partial charge in [0.05, 0.1) is 6.54 Å². The van der Waals surface area contributed by atoms with E-state index in [1.54, 1.807) is 0 Å². The predicted molar refractivity (Wildman–Crippen MR) is 102 cm³/mol. The zero-order valence-electron chi connectivity index (χ0n) is 13.7. The highest BCUT2D eigenvalue weighted by Crippen LogP contribution is 2.50. The number of rotatable bonds is 2. The topological polar surface area (TPSA) is 15.6 Å². The minimum Gasteiger partial charge on any atom is -0.337 e. The SMILES string of the molecule is Clc1ccc(C2(c3ccccc3)c3ccccc3C3=NCCN32)cc1. The van der Waals surface area contributed by atoms with Crippen molar-refractivity contribution < 1.29 is 0 Å². The molecule has 2 nitrogen and oxygen atoms in total. The van der Waals surface area contributed by atoms with E-state index in [-0.39, 0.29) is 5.54 Å². The Bertz CT molecular complexity index is 963. The molecule has 2 aliphatic rings. The molecule has 0 amide bonds. The summed E-state index contributed by atoms with van der Waals surface area (Å²) in [5.41, 5.74) is 4.66. The lowest BCUT2D eigenvalue weighted by Crippen LogP contribution is -2.44. The molecule has 3 heteroatoms. The predicted octanol–water partition coefficient (Wildman–Crippen LogP) is 4.71. The van der Waals surface area contributed by atoms with Gasteiger partial charge in [-0.05, 0) is 28.8 Å². The quantitative estimate of drug-likeness (QED) is 0.657. The molecule has 0 N–H and O–H groups in total. The highest BCUT2D eigenvalue weighted by molar-refractivity contribution is 6.30. The van der Waals surface area contributed by atoms with Crippen molar-refractivity contribution in [3.63, 3.8) is 0 Å². The summed E-state index contributed by atoms with van der Waals surface area (Å²) >= 11 is 6.18. The summed E-state index contributed by atoms with van der Waals surface area (Å²) in [6, 6.07) is 27.6. The molecule has 0 radical (unpaired) electrons. The fourth-order valence-electron chi connectivity index (χ4n) is 4.30. The zero-order valence-corrected chi connectivity index (χ0v) is 14.4. The smallest absolute Gasteiger partial charge is 0.132 e. The number of nitrogens with zero attached hydrogens (tertiary/aromatic N) is 2. The standard InChI is InChI=1S/C22H17ClN2/c23-18-12-10-17(11-13-18)22(16-6-2-1-3-7-16)20-9-5-4-8-19(20)21-24-14-15-25(21)22/h1-13H,14-15H2. The normalized spacial score (nSPS) is 21.0. The highest BCUT2D eigenvalue weighted by Gasteiger charge is 2.51. The van der Waals surface area contributed by atoms with Crippen molar-refractivity contribution >= 4 is 17.4 Å². The van der Waals surface area contributed by atoms with Crippen LogP contribution in [0.25, 0.3) is 0 Å². The number of amidine groups is 1. The Balaban J connectivity index is 1.89. The van der Waals surface area contributed by atoms with E-state index in [4.69, 9.17) is 16.6 Å². The Morgan fingerprint density at radius 1 is 0.800 bits per heavy atom. The first kappa shape index (κ1) is 14.7. The maximum atomic E-state index is 6.18. The molecular weight excluding hydrogens is 328 g/mol. The van der Waals surface area contributed by atoms with Gasteiger partial charge < -0.3 is 4.90 Å². The van der Waals surface area contributed by atoms with Crippen molar-refractivity contribution in [3.8, 4) is 0 Å². The molecule has 0 aromatic heterocycles. The molecule has 122 valence electrons. The fourth-order valence-corrected chi connectivity index (χ4v) is 4.43. The Morgan fingerprint density at radius 2 is 1.48 bits per heavy atom. The van der Waals surface area contributed by atoms with E-state index in [9.17, 15) is 0 Å². The molecule has 3 aromatic carbocycles. The number of aliphatic imine (C=N–C) groups is 1. The van der Waals surface area contributed by atoms with Gasteiger partial charge in [0.1, 0.15) is 11.4 Å². The monoisotopic (exact) mass is 344 g/mol. The van der Waals surface area contributed by atoms with Gasteiger partial charge in [0, 0.05) is 17.1 Å². The molecule has 1 unspecified atom stereocenters. The van der Waals surface area contributed by atoms with Crippen LogP contribution in [0.4, 0.5) is 0 Å². The third-order valence-electron chi connectivity index (χ3n) is 5.26. The molecule has 3 aromatic rings. The van der Waals surface area contributed by atoms with E-state index >= 15 is 0 Å². The van der Waals surface area contributed by atoms with Crippen LogP contribution in [0.1, 0.15) is 22.3 Å². The lowest BCUT2D eigenvalue weighted by molar-refractivity contribution is 0.304. The number of benzene rings is 3. The van der Waals surface area contributed by atoms with Crippen LogP contribution in [-0.4, -0.2) is 23.8 Å². The van der Waals surface area contributed by atoms with Gasteiger partial charge in [-0.3, -0.25) is 4.99 Å². The number of hydrogen-bond donors (Lipinski definition) is 0. The lowest BCUT2D eigenvalue weighted by Gasteiger charge is -2.40. The molecule has 0 bridgehead atoms. The molecule has 0 saturated carbocycles. The van der Waals surface area contributed by atoms with Crippen LogP contribution in [-0.2, 0) is 5.54 Å². The van der Waals surface area contributed by atoms with Crippen molar-refractivity contribution in [1.29, 1.82) is 0 Å². The Labute approximate surface area is 152 Å². The molecule has 0 spiro atoms. The first-order chi connectivity index (χ1) is 12.3. The van der Waals surface area contributed by atoms with Crippen molar-refractivity contribution in [2.45, 2.75) is 5.54 Å². The Kier molecular flexibility index (Phi) is 3.22. The maximum Gasteiger partial charge on any atom is 0.132 e. The summed E-state index contributed by atoms with van der Waals surface area (Å²) in [5.74, 6) is 1.11. The van der Waals surface area contributed by atoms with Crippen LogP contribution >= 0.6 is 11.6 Å². The minimum atomic E-state index is -0.349. The number of fused-ring (bicyclic) bond motifs is 3. The van der Waals surface area contributed by atoms with Crippen molar-refractivity contribution in [2.75, 3.05) is 13.1 Å². The van der Waals surface area contributed by atoms with E-state index in [1.165, 1.54) is 22.3 Å². The van der Waals surface area contributed by atoms with Gasteiger partial charge in [0.15, 0.2) is 0 Å². The first-order valence-electron chi connectivity index (χ1n) is 8.55. The van der Waals surface area contributed by atoms with Crippen LogP contribution in [0.3, 0.4) is 0 Å². The Hall–Kier alpha value is -2.58. The molecule has 25 heavy (non-hydrogen) atoms.